The van der Waals surface area contributed by atoms with Gasteiger partial charge in [-0.15, -0.1) is 11.8 Å². The minimum absolute atomic E-state index is 0.146. The predicted octanol–water partition coefficient (Wildman–Crippen LogP) is 3.16. The first-order valence-electron chi connectivity index (χ1n) is 7.32. The number of rotatable bonds is 1. The summed E-state index contributed by atoms with van der Waals surface area (Å²) in [5.74, 6) is 0.642. The quantitative estimate of drug-likeness (QED) is 0.798. The van der Waals surface area contributed by atoms with Crippen molar-refractivity contribution in [3.05, 3.63) is 23.8 Å². The van der Waals surface area contributed by atoms with Gasteiger partial charge in [-0.1, -0.05) is 6.92 Å². The molecule has 0 radical (unpaired) electrons. The number of carbonyl (C=O) groups is 1. The largest absolute Gasteiger partial charge is 0.414 e. The van der Waals surface area contributed by atoms with Crippen LogP contribution in [0.2, 0.25) is 0 Å². The van der Waals surface area contributed by atoms with E-state index in [1.165, 1.54) is 28.2 Å². The zero-order valence-electron chi connectivity index (χ0n) is 13.0. The summed E-state index contributed by atoms with van der Waals surface area (Å²) in [4.78, 5) is 16.9. The minimum Gasteiger partial charge on any atom is -0.410 e. The summed E-state index contributed by atoms with van der Waals surface area (Å²) in [5, 5.41) is 0.487. The number of hydrogen-bond donors (Lipinski definition) is 0. The van der Waals surface area contributed by atoms with Crippen LogP contribution in [-0.2, 0) is 5.41 Å². The molecule has 0 unspecified atom stereocenters. The second-order valence-electron chi connectivity index (χ2n) is 6.39. The molecule has 0 bridgehead atoms. The van der Waals surface area contributed by atoms with E-state index in [1.54, 1.807) is 14.1 Å². The van der Waals surface area contributed by atoms with Gasteiger partial charge in [-0.3, -0.25) is 4.90 Å². The third-order valence-corrected chi connectivity index (χ3v) is 6.24. The monoisotopic (exact) mass is 306 g/mol. The number of piperidine rings is 1. The molecule has 2 heterocycles. The molecule has 3 rings (SSSR count). The third-order valence-electron chi connectivity index (χ3n) is 4.53. The SMILES string of the molecule is CN(C)C(=O)Oc1ccc2c(c1)[C@]1(C)CCCN(C)[C@@H]1S2. The first-order chi connectivity index (χ1) is 9.91. The number of likely N-dealkylation sites (tertiary alicyclic amines) is 1. The lowest BCUT2D eigenvalue weighted by Crippen LogP contribution is -2.47. The molecule has 0 spiro atoms. The van der Waals surface area contributed by atoms with Crippen molar-refractivity contribution in [2.75, 3.05) is 27.7 Å². The first kappa shape index (κ1) is 14.7. The molecule has 2 aliphatic heterocycles. The molecule has 21 heavy (non-hydrogen) atoms. The Labute approximate surface area is 130 Å². The van der Waals surface area contributed by atoms with Crippen LogP contribution in [0.4, 0.5) is 4.79 Å². The van der Waals surface area contributed by atoms with Crippen molar-refractivity contribution in [3.8, 4) is 5.75 Å². The summed E-state index contributed by atoms with van der Waals surface area (Å²) in [6.07, 6.45) is 2.07. The zero-order valence-corrected chi connectivity index (χ0v) is 13.9. The molecule has 5 heteroatoms. The van der Waals surface area contributed by atoms with Gasteiger partial charge in [0.15, 0.2) is 0 Å². The number of ether oxygens (including phenoxy) is 1. The summed E-state index contributed by atoms with van der Waals surface area (Å²) in [6, 6.07) is 6.05. The number of carbonyl (C=O) groups excluding carboxylic acids is 1. The van der Waals surface area contributed by atoms with E-state index in [1.807, 2.05) is 17.8 Å². The Balaban J connectivity index is 1.92. The molecule has 0 N–H and O–H groups in total. The molecule has 2 aliphatic rings. The Morgan fingerprint density at radius 3 is 2.95 bits per heavy atom. The van der Waals surface area contributed by atoms with Crippen LogP contribution in [0.5, 0.6) is 5.75 Å². The second-order valence-corrected chi connectivity index (χ2v) is 7.51. The van der Waals surface area contributed by atoms with Gasteiger partial charge in [-0.2, -0.15) is 0 Å². The molecule has 1 aromatic carbocycles. The molecule has 114 valence electrons. The van der Waals surface area contributed by atoms with E-state index in [-0.39, 0.29) is 11.5 Å². The fraction of sp³-hybridized carbons (Fsp3) is 0.562. The lowest BCUT2D eigenvalue weighted by Gasteiger charge is -2.42. The summed E-state index contributed by atoms with van der Waals surface area (Å²) in [5.41, 5.74) is 1.47. The first-order valence-corrected chi connectivity index (χ1v) is 8.20. The summed E-state index contributed by atoms with van der Waals surface area (Å²) in [6.45, 7) is 3.49. The van der Waals surface area contributed by atoms with E-state index >= 15 is 0 Å². The van der Waals surface area contributed by atoms with Crippen LogP contribution in [0.25, 0.3) is 0 Å². The lowest BCUT2D eigenvalue weighted by molar-refractivity contribution is 0.165. The summed E-state index contributed by atoms with van der Waals surface area (Å²) < 4.78 is 5.42. The molecule has 1 aromatic rings. The van der Waals surface area contributed by atoms with Gasteiger partial charge in [0.1, 0.15) is 5.75 Å². The van der Waals surface area contributed by atoms with Crippen molar-refractivity contribution < 1.29 is 9.53 Å². The second kappa shape index (κ2) is 5.21. The van der Waals surface area contributed by atoms with E-state index in [4.69, 9.17) is 4.74 Å². The Kier molecular flexibility index (Phi) is 3.66. The highest BCUT2D eigenvalue weighted by Crippen LogP contribution is 2.55. The minimum atomic E-state index is -0.330. The summed E-state index contributed by atoms with van der Waals surface area (Å²) >= 11 is 1.94. The molecule has 0 saturated carbocycles. The average molecular weight is 306 g/mol. The van der Waals surface area contributed by atoms with Crippen LogP contribution in [0.3, 0.4) is 0 Å². The van der Waals surface area contributed by atoms with Crippen LogP contribution in [0, 0.1) is 0 Å². The van der Waals surface area contributed by atoms with E-state index in [2.05, 4.69) is 31.0 Å². The van der Waals surface area contributed by atoms with Crippen molar-refractivity contribution in [1.29, 1.82) is 0 Å². The number of nitrogens with zero attached hydrogens (tertiary/aromatic N) is 2. The maximum absolute atomic E-state index is 11.7. The number of likely N-dealkylation sites (N-methyl/N-ethyl adjacent to an activating group) is 1. The van der Waals surface area contributed by atoms with Gasteiger partial charge in [0.05, 0.1) is 5.37 Å². The maximum Gasteiger partial charge on any atom is 0.414 e. The third kappa shape index (κ3) is 2.42. The Hall–Kier alpha value is -1.20. The van der Waals surface area contributed by atoms with Crippen molar-refractivity contribution in [2.45, 2.75) is 35.4 Å². The van der Waals surface area contributed by atoms with Crippen molar-refractivity contribution in [3.63, 3.8) is 0 Å². The van der Waals surface area contributed by atoms with Gasteiger partial charge in [-0.05, 0) is 50.2 Å². The van der Waals surface area contributed by atoms with E-state index in [0.717, 1.165) is 6.54 Å². The molecular formula is C16H22N2O2S. The Bertz CT molecular complexity index is 575. The Morgan fingerprint density at radius 1 is 1.48 bits per heavy atom. The van der Waals surface area contributed by atoms with Crippen LogP contribution < -0.4 is 4.74 Å². The highest BCUT2D eigenvalue weighted by molar-refractivity contribution is 8.00. The van der Waals surface area contributed by atoms with Crippen LogP contribution >= 0.6 is 11.8 Å². The smallest absolute Gasteiger partial charge is 0.410 e. The number of amides is 1. The topological polar surface area (TPSA) is 32.8 Å². The van der Waals surface area contributed by atoms with E-state index < -0.39 is 0 Å². The molecule has 4 nitrogen and oxygen atoms in total. The molecule has 2 atom stereocenters. The highest BCUT2D eigenvalue weighted by atomic mass is 32.2. The van der Waals surface area contributed by atoms with Crippen molar-refractivity contribution >= 4 is 17.9 Å². The van der Waals surface area contributed by atoms with Gasteiger partial charge in [0.25, 0.3) is 0 Å². The summed E-state index contributed by atoms with van der Waals surface area (Å²) in [7, 11) is 5.59. The molecule has 1 fully saturated rings. The van der Waals surface area contributed by atoms with Gasteiger partial charge in [0.2, 0.25) is 0 Å². The van der Waals surface area contributed by atoms with Crippen molar-refractivity contribution in [2.24, 2.45) is 0 Å². The normalized spacial score (nSPS) is 27.9. The molecule has 0 aromatic heterocycles. The molecular weight excluding hydrogens is 284 g/mol. The van der Waals surface area contributed by atoms with Gasteiger partial charge < -0.3 is 9.64 Å². The van der Waals surface area contributed by atoms with Crippen LogP contribution in [-0.4, -0.2) is 49.0 Å². The number of fused-ring (bicyclic) bond motifs is 3. The van der Waals surface area contributed by atoms with E-state index in [0.29, 0.717) is 11.1 Å². The molecule has 1 saturated heterocycles. The maximum atomic E-state index is 11.7. The van der Waals surface area contributed by atoms with Crippen LogP contribution in [0.1, 0.15) is 25.3 Å². The standard InChI is InChI=1S/C16H22N2O2S/c1-16-8-5-9-18(4)14(16)21-13-7-6-11(10-12(13)16)20-15(19)17(2)3/h6-7,10,14H,5,8-9H2,1-4H3/t14-,16+/m1/s1. The molecule has 1 amide bonds. The van der Waals surface area contributed by atoms with Crippen LogP contribution in [0.15, 0.2) is 23.1 Å². The number of hydrogen-bond acceptors (Lipinski definition) is 4. The predicted molar refractivity (Wildman–Crippen MR) is 85.0 cm³/mol. The Morgan fingerprint density at radius 2 is 2.24 bits per heavy atom. The number of benzene rings is 1. The van der Waals surface area contributed by atoms with Gasteiger partial charge in [-0.25, -0.2) is 4.79 Å². The fourth-order valence-electron chi connectivity index (χ4n) is 3.34. The van der Waals surface area contributed by atoms with E-state index in [9.17, 15) is 4.79 Å². The van der Waals surface area contributed by atoms with Gasteiger partial charge >= 0.3 is 6.09 Å². The van der Waals surface area contributed by atoms with Gasteiger partial charge in [0, 0.05) is 24.4 Å². The lowest BCUT2D eigenvalue weighted by atomic mass is 9.76. The molecule has 0 aliphatic carbocycles. The fourth-order valence-corrected chi connectivity index (χ4v) is 4.94. The zero-order chi connectivity index (χ0) is 15.2. The average Bonchev–Trinajstić information content (AvgIpc) is 2.73. The highest BCUT2D eigenvalue weighted by Gasteiger charge is 2.47. The number of thioether (sulfide) groups is 1. The van der Waals surface area contributed by atoms with Crippen molar-refractivity contribution in [1.82, 2.24) is 9.80 Å².